The Morgan fingerprint density at radius 3 is 2.38 bits per heavy atom. The minimum absolute atomic E-state index is 0.0754. The molecule has 0 aliphatic carbocycles. The highest BCUT2D eigenvalue weighted by molar-refractivity contribution is 5.96. The summed E-state index contributed by atoms with van der Waals surface area (Å²) in [7, 11) is 0. The first-order valence-electron chi connectivity index (χ1n) is 11.1. The van der Waals surface area contributed by atoms with Gasteiger partial charge in [0, 0.05) is 6.07 Å². The van der Waals surface area contributed by atoms with Crippen molar-refractivity contribution in [1.29, 1.82) is 0 Å². The summed E-state index contributed by atoms with van der Waals surface area (Å²) < 4.78 is 16.9. The molecule has 1 aromatic heterocycles. The first-order chi connectivity index (χ1) is 16.6. The lowest BCUT2D eigenvalue weighted by Gasteiger charge is -2.16. The minimum Gasteiger partial charge on any atom is -0.460 e. The number of hydrogen-bond donors (Lipinski definition) is 0. The highest BCUT2D eigenvalue weighted by Gasteiger charge is 2.30. The van der Waals surface area contributed by atoms with Gasteiger partial charge in [-0.2, -0.15) is 0 Å². The van der Waals surface area contributed by atoms with E-state index in [0.717, 1.165) is 5.56 Å². The molecular formula is C28H24O6. The quantitative estimate of drug-likeness (QED) is 0.197. The lowest BCUT2D eigenvalue weighted by atomic mass is 10.0. The molecule has 4 rings (SSSR count). The van der Waals surface area contributed by atoms with Gasteiger partial charge < -0.3 is 13.9 Å². The van der Waals surface area contributed by atoms with Crippen LogP contribution in [-0.2, 0) is 20.9 Å². The van der Waals surface area contributed by atoms with Crippen LogP contribution in [0.1, 0.15) is 25.3 Å². The Morgan fingerprint density at radius 2 is 1.59 bits per heavy atom. The fraction of sp³-hybridized carbons (Fsp3) is 0.179. The maximum absolute atomic E-state index is 13.0. The van der Waals surface area contributed by atoms with E-state index in [4.69, 9.17) is 13.9 Å². The molecule has 0 N–H and O–H groups in total. The van der Waals surface area contributed by atoms with E-state index in [1.807, 2.05) is 37.3 Å². The standard InChI is InChI=1S/C28H24O6/c1-2-10-22(27(30)32-18-19-11-4-3-5-12-19)28(31)34-25-16-9-7-14-21(25)26-17-23(29)20-13-6-8-15-24(20)33-26/h3-9,11-17,22H,2,10,18H2,1H3. The molecule has 34 heavy (non-hydrogen) atoms. The van der Waals surface area contributed by atoms with Crippen molar-refractivity contribution in [2.45, 2.75) is 26.4 Å². The largest absolute Gasteiger partial charge is 0.460 e. The monoisotopic (exact) mass is 456 g/mol. The predicted octanol–water partition coefficient (Wildman–Crippen LogP) is 5.53. The van der Waals surface area contributed by atoms with E-state index in [0.29, 0.717) is 29.4 Å². The zero-order chi connectivity index (χ0) is 23.9. The minimum atomic E-state index is -1.06. The Bertz CT molecular complexity index is 1360. The average molecular weight is 456 g/mol. The number of para-hydroxylation sites is 2. The van der Waals surface area contributed by atoms with E-state index >= 15 is 0 Å². The Labute approximate surface area is 196 Å². The first-order valence-corrected chi connectivity index (χ1v) is 11.1. The molecule has 4 aromatic rings. The second-order valence-electron chi connectivity index (χ2n) is 7.82. The molecule has 0 spiro atoms. The molecule has 0 amide bonds. The van der Waals surface area contributed by atoms with Gasteiger partial charge in [0.05, 0.1) is 10.9 Å². The molecule has 0 aliphatic heterocycles. The number of carbonyl (C=O) groups excluding carboxylic acids is 2. The maximum Gasteiger partial charge on any atom is 0.325 e. The number of hydrogen-bond acceptors (Lipinski definition) is 6. The highest BCUT2D eigenvalue weighted by atomic mass is 16.6. The molecule has 0 bridgehead atoms. The van der Waals surface area contributed by atoms with Crippen LogP contribution in [0.25, 0.3) is 22.3 Å². The van der Waals surface area contributed by atoms with Crippen LogP contribution < -0.4 is 10.2 Å². The van der Waals surface area contributed by atoms with Gasteiger partial charge >= 0.3 is 11.9 Å². The number of benzene rings is 3. The third-order valence-corrected chi connectivity index (χ3v) is 5.37. The fourth-order valence-electron chi connectivity index (χ4n) is 3.63. The lowest BCUT2D eigenvalue weighted by Crippen LogP contribution is -2.30. The normalized spacial score (nSPS) is 11.7. The highest BCUT2D eigenvalue weighted by Crippen LogP contribution is 2.31. The number of esters is 2. The molecule has 0 saturated carbocycles. The molecule has 0 saturated heterocycles. The smallest absolute Gasteiger partial charge is 0.325 e. The van der Waals surface area contributed by atoms with Crippen LogP contribution in [0.2, 0.25) is 0 Å². The topological polar surface area (TPSA) is 82.8 Å². The summed E-state index contributed by atoms with van der Waals surface area (Å²) in [6.07, 6.45) is 0.890. The summed E-state index contributed by atoms with van der Waals surface area (Å²) in [6, 6.07) is 24.3. The lowest BCUT2D eigenvalue weighted by molar-refractivity contribution is -0.158. The Hall–Kier alpha value is -4.19. The van der Waals surface area contributed by atoms with Gasteiger partial charge in [0.2, 0.25) is 0 Å². The fourth-order valence-corrected chi connectivity index (χ4v) is 3.63. The van der Waals surface area contributed by atoms with Crippen LogP contribution >= 0.6 is 0 Å². The van der Waals surface area contributed by atoms with Gasteiger partial charge in [-0.15, -0.1) is 0 Å². The summed E-state index contributed by atoms with van der Waals surface area (Å²) in [4.78, 5) is 38.3. The van der Waals surface area contributed by atoms with Gasteiger partial charge in [-0.25, -0.2) is 0 Å². The van der Waals surface area contributed by atoms with Crippen LogP contribution in [0, 0.1) is 5.92 Å². The SMILES string of the molecule is CCCC(C(=O)OCc1ccccc1)C(=O)Oc1ccccc1-c1cc(=O)c2ccccc2o1. The van der Waals surface area contributed by atoms with Crippen LogP contribution in [0.4, 0.5) is 0 Å². The number of fused-ring (bicyclic) bond motifs is 1. The van der Waals surface area contributed by atoms with Crippen molar-refractivity contribution in [2.24, 2.45) is 5.92 Å². The van der Waals surface area contributed by atoms with E-state index in [1.165, 1.54) is 6.07 Å². The molecule has 172 valence electrons. The van der Waals surface area contributed by atoms with Gasteiger partial charge in [-0.05, 0) is 36.2 Å². The van der Waals surface area contributed by atoms with Crippen LogP contribution in [0.15, 0.2) is 94.1 Å². The zero-order valence-corrected chi connectivity index (χ0v) is 18.7. The van der Waals surface area contributed by atoms with E-state index in [2.05, 4.69) is 0 Å². The van der Waals surface area contributed by atoms with Gasteiger partial charge in [0.15, 0.2) is 11.3 Å². The molecule has 0 fully saturated rings. The summed E-state index contributed by atoms with van der Waals surface area (Å²) >= 11 is 0. The van der Waals surface area contributed by atoms with Crippen molar-refractivity contribution >= 4 is 22.9 Å². The van der Waals surface area contributed by atoms with Crippen molar-refractivity contribution in [3.05, 3.63) is 101 Å². The average Bonchev–Trinajstić information content (AvgIpc) is 2.86. The maximum atomic E-state index is 13.0. The summed E-state index contributed by atoms with van der Waals surface area (Å²) in [5.41, 5.74) is 1.49. The molecule has 1 unspecified atom stereocenters. The van der Waals surface area contributed by atoms with Crippen molar-refractivity contribution in [2.75, 3.05) is 0 Å². The van der Waals surface area contributed by atoms with Crippen LogP contribution in [0.3, 0.4) is 0 Å². The molecule has 0 radical (unpaired) electrons. The molecule has 6 heteroatoms. The van der Waals surface area contributed by atoms with E-state index < -0.39 is 17.9 Å². The van der Waals surface area contributed by atoms with Crippen molar-refractivity contribution in [1.82, 2.24) is 0 Å². The molecule has 1 heterocycles. The van der Waals surface area contributed by atoms with Gasteiger partial charge in [-0.3, -0.25) is 14.4 Å². The summed E-state index contributed by atoms with van der Waals surface area (Å²) in [5, 5.41) is 0.463. The third kappa shape index (κ3) is 5.23. The van der Waals surface area contributed by atoms with Crippen molar-refractivity contribution in [3.63, 3.8) is 0 Å². The van der Waals surface area contributed by atoms with Crippen molar-refractivity contribution in [3.8, 4) is 17.1 Å². The van der Waals surface area contributed by atoms with Gasteiger partial charge in [-0.1, -0.05) is 67.9 Å². The van der Waals surface area contributed by atoms with Crippen molar-refractivity contribution < 1.29 is 23.5 Å². The van der Waals surface area contributed by atoms with E-state index in [-0.39, 0.29) is 23.5 Å². The van der Waals surface area contributed by atoms with Gasteiger partial charge in [0.1, 0.15) is 23.7 Å². The Balaban J connectivity index is 1.56. The summed E-state index contributed by atoms with van der Waals surface area (Å²) in [5.74, 6) is -1.94. The summed E-state index contributed by atoms with van der Waals surface area (Å²) in [6.45, 7) is 1.95. The zero-order valence-electron chi connectivity index (χ0n) is 18.7. The number of rotatable bonds is 8. The Kier molecular flexibility index (Phi) is 7.18. The van der Waals surface area contributed by atoms with E-state index in [9.17, 15) is 14.4 Å². The van der Waals surface area contributed by atoms with Crippen LogP contribution in [0.5, 0.6) is 5.75 Å². The molecule has 6 nitrogen and oxygen atoms in total. The second kappa shape index (κ2) is 10.6. The van der Waals surface area contributed by atoms with Crippen LogP contribution in [-0.4, -0.2) is 11.9 Å². The molecule has 0 aliphatic rings. The number of carbonyl (C=O) groups is 2. The van der Waals surface area contributed by atoms with Gasteiger partial charge in [0.25, 0.3) is 0 Å². The second-order valence-corrected chi connectivity index (χ2v) is 7.82. The predicted molar refractivity (Wildman–Crippen MR) is 128 cm³/mol. The molecule has 1 atom stereocenters. The molecule has 3 aromatic carbocycles. The third-order valence-electron chi connectivity index (χ3n) is 5.37. The molecular weight excluding hydrogens is 432 g/mol. The Morgan fingerprint density at radius 1 is 0.882 bits per heavy atom. The number of ether oxygens (including phenoxy) is 2. The first kappa shape index (κ1) is 23.0. The van der Waals surface area contributed by atoms with E-state index in [1.54, 1.807) is 48.5 Å².